The fraction of sp³-hybridized carbons (Fsp3) is 0.571. The second-order valence-electron chi connectivity index (χ2n) is 4.84. The van der Waals surface area contributed by atoms with Crippen molar-refractivity contribution in [3.63, 3.8) is 0 Å². The highest BCUT2D eigenvalue weighted by Crippen LogP contribution is 2.34. The Bertz CT molecular complexity index is 316. The van der Waals surface area contributed by atoms with Gasteiger partial charge in [0.15, 0.2) is 0 Å². The predicted octanol–water partition coefficient (Wildman–Crippen LogP) is 3.86. The molecule has 0 N–H and O–H groups in total. The summed E-state index contributed by atoms with van der Waals surface area (Å²) in [6.45, 7) is 6.27. The van der Waals surface area contributed by atoms with Gasteiger partial charge in [-0.05, 0) is 43.4 Å². The van der Waals surface area contributed by atoms with Crippen molar-refractivity contribution in [2.24, 2.45) is 5.92 Å². The summed E-state index contributed by atoms with van der Waals surface area (Å²) in [6, 6.07) is 0. The van der Waals surface area contributed by atoms with Crippen LogP contribution in [0.5, 0.6) is 0 Å². The first-order valence-electron chi connectivity index (χ1n) is 6.01. The summed E-state index contributed by atoms with van der Waals surface area (Å²) in [4.78, 5) is 2.27. The number of nitrogens with zero attached hydrogens (tertiary/aromatic N) is 1. The Morgan fingerprint density at radius 3 is 2.53 bits per heavy atom. The average Bonchev–Trinajstić information content (AvgIpc) is 2.24. The van der Waals surface area contributed by atoms with Crippen molar-refractivity contribution in [1.29, 1.82) is 0 Å². The van der Waals surface area contributed by atoms with E-state index in [0.29, 0.717) is 0 Å². The Hall–Kier alpha value is -0.980. The van der Waals surface area contributed by atoms with Crippen molar-refractivity contribution in [2.75, 3.05) is 7.05 Å². The topological polar surface area (TPSA) is 3.24 Å². The third-order valence-corrected chi connectivity index (χ3v) is 3.61. The Morgan fingerprint density at radius 2 is 1.87 bits per heavy atom. The van der Waals surface area contributed by atoms with Crippen LogP contribution in [0.4, 0.5) is 0 Å². The molecule has 1 heteroatoms. The van der Waals surface area contributed by atoms with Crippen molar-refractivity contribution in [3.8, 4) is 0 Å². The molecular formula is C14H21N. The van der Waals surface area contributed by atoms with Crippen LogP contribution in [0.2, 0.25) is 0 Å². The Kier molecular flexibility index (Phi) is 2.99. The van der Waals surface area contributed by atoms with E-state index in [0.717, 1.165) is 11.6 Å². The Balaban J connectivity index is 2.19. The van der Waals surface area contributed by atoms with Crippen LogP contribution in [0.15, 0.2) is 35.7 Å². The zero-order chi connectivity index (χ0) is 10.8. The minimum absolute atomic E-state index is 0.768. The van der Waals surface area contributed by atoms with Crippen LogP contribution in [0.25, 0.3) is 0 Å². The van der Waals surface area contributed by atoms with Crippen LogP contribution in [0.3, 0.4) is 0 Å². The van der Waals surface area contributed by atoms with E-state index in [1.54, 1.807) is 0 Å². The maximum atomic E-state index is 4.10. The standard InChI is InChI=1S/C14H21N/c1-11-9-12(2)15(3)14(10-11)13-7-5-4-6-8-13/h9-10,13H,2,4-8H2,1,3H3. The van der Waals surface area contributed by atoms with Gasteiger partial charge in [0.05, 0.1) is 0 Å². The van der Waals surface area contributed by atoms with Gasteiger partial charge >= 0.3 is 0 Å². The molecule has 0 atom stereocenters. The lowest BCUT2D eigenvalue weighted by atomic mass is 9.85. The van der Waals surface area contributed by atoms with Crippen LogP contribution in [0.1, 0.15) is 39.0 Å². The molecule has 1 aliphatic heterocycles. The summed E-state index contributed by atoms with van der Waals surface area (Å²) >= 11 is 0. The van der Waals surface area contributed by atoms with Gasteiger partial charge in [0.25, 0.3) is 0 Å². The monoisotopic (exact) mass is 203 g/mol. The fourth-order valence-corrected chi connectivity index (χ4v) is 2.69. The Morgan fingerprint density at radius 1 is 1.20 bits per heavy atom. The third kappa shape index (κ3) is 2.17. The lowest BCUT2D eigenvalue weighted by Crippen LogP contribution is -2.25. The molecule has 1 heterocycles. The normalized spacial score (nSPS) is 23.9. The highest BCUT2D eigenvalue weighted by molar-refractivity contribution is 5.37. The van der Waals surface area contributed by atoms with Gasteiger partial charge in [-0.25, -0.2) is 0 Å². The van der Waals surface area contributed by atoms with Gasteiger partial charge in [0.2, 0.25) is 0 Å². The molecule has 0 amide bonds. The highest BCUT2D eigenvalue weighted by Gasteiger charge is 2.23. The molecule has 15 heavy (non-hydrogen) atoms. The number of hydrogen-bond acceptors (Lipinski definition) is 1. The number of allylic oxidation sites excluding steroid dienone is 4. The summed E-state index contributed by atoms with van der Waals surface area (Å²) in [5.74, 6) is 0.768. The van der Waals surface area contributed by atoms with Gasteiger partial charge in [0, 0.05) is 18.4 Å². The van der Waals surface area contributed by atoms with Gasteiger partial charge < -0.3 is 4.90 Å². The molecule has 2 aliphatic rings. The van der Waals surface area contributed by atoms with E-state index in [1.165, 1.54) is 43.4 Å². The molecule has 1 saturated carbocycles. The molecule has 0 aromatic rings. The van der Waals surface area contributed by atoms with Crippen LogP contribution < -0.4 is 0 Å². The zero-order valence-corrected chi connectivity index (χ0v) is 9.92. The van der Waals surface area contributed by atoms with E-state index in [-0.39, 0.29) is 0 Å². The van der Waals surface area contributed by atoms with Crippen molar-refractivity contribution < 1.29 is 0 Å². The highest BCUT2D eigenvalue weighted by atomic mass is 15.1. The maximum absolute atomic E-state index is 4.10. The molecule has 0 aromatic carbocycles. The van der Waals surface area contributed by atoms with Crippen molar-refractivity contribution in [1.82, 2.24) is 4.90 Å². The van der Waals surface area contributed by atoms with Gasteiger partial charge in [-0.2, -0.15) is 0 Å². The molecule has 0 saturated heterocycles. The molecule has 0 radical (unpaired) electrons. The first kappa shape index (κ1) is 10.5. The SMILES string of the molecule is C=C1C=C(C)C=C(C2CCCCC2)N1C. The summed E-state index contributed by atoms with van der Waals surface area (Å²) < 4.78 is 0. The molecule has 0 aromatic heterocycles. The molecule has 1 aliphatic carbocycles. The summed E-state index contributed by atoms with van der Waals surface area (Å²) in [7, 11) is 2.14. The van der Waals surface area contributed by atoms with Crippen LogP contribution in [-0.4, -0.2) is 11.9 Å². The summed E-state index contributed by atoms with van der Waals surface area (Å²) in [5.41, 5.74) is 3.97. The lowest BCUT2D eigenvalue weighted by molar-refractivity contribution is 0.336. The first-order chi connectivity index (χ1) is 7.18. The minimum Gasteiger partial charge on any atom is -0.348 e. The summed E-state index contributed by atoms with van der Waals surface area (Å²) in [5, 5.41) is 0. The van der Waals surface area contributed by atoms with Crippen LogP contribution in [0, 0.1) is 5.92 Å². The smallest absolute Gasteiger partial charge is 0.0335 e. The molecule has 0 bridgehead atoms. The molecular weight excluding hydrogens is 182 g/mol. The van der Waals surface area contributed by atoms with Crippen LogP contribution in [-0.2, 0) is 0 Å². The van der Waals surface area contributed by atoms with E-state index in [1.807, 2.05) is 0 Å². The lowest BCUT2D eigenvalue weighted by Gasteiger charge is -2.34. The zero-order valence-electron chi connectivity index (χ0n) is 9.92. The molecule has 0 unspecified atom stereocenters. The third-order valence-electron chi connectivity index (χ3n) is 3.61. The fourth-order valence-electron chi connectivity index (χ4n) is 2.69. The number of hydrogen-bond donors (Lipinski definition) is 0. The van der Waals surface area contributed by atoms with E-state index in [9.17, 15) is 0 Å². The maximum Gasteiger partial charge on any atom is 0.0335 e. The van der Waals surface area contributed by atoms with E-state index in [4.69, 9.17) is 0 Å². The largest absolute Gasteiger partial charge is 0.348 e. The quantitative estimate of drug-likeness (QED) is 0.625. The Labute approximate surface area is 93.2 Å². The van der Waals surface area contributed by atoms with Gasteiger partial charge in [-0.1, -0.05) is 25.8 Å². The molecule has 1 nitrogen and oxygen atoms in total. The average molecular weight is 203 g/mol. The summed E-state index contributed by atoms with van der Waals surface area (Å²) in [6.07, 6.45) is 11.4. The van der Waals surface area contributed by atoms with Crippen molar-refractivity contribution in [3.05, 3.63) is 35.7 Å². The first-order valence-corrected chi connectivity index (χ1v) is 6.01. The van der Waals surface area contributed by atoms with E-state index < -0.39 is 0 Å². The molecule has 0 spiro atoms. The predicted molar refractivity (Wildman–Crippen MR) is 65.3 cm³/mol. The molecule has 1 fully saturated rings. The number of likely N-dealkylation sites (N-methyl/N-ethyl adjacent to an activating group) is 1. The molecule has 2 rings (SSSR count). The second kappa shape index (κ2) is 4.26. The van der Waals surface area contributed by atoms with E-state index in [2.05, 4.69) is 37.6 Å². The molecule has 82 valence electrons. The van der Waals surface area contributed by atoms with Gasteiger partial charge in [-0.3, -0.25) is 0 Å². The van der Waals surface area contributed by atoms with Gasteiger partial charge in [-0.15, -0.1) is 0 Å². The second-order valence-corrected chi connectivity index (χ2v) is 4.84. The van der Waals surface area contributed by atoms with Gasteiger partial charge in [0.1, 0.15) is 0 Å². The van der Waals surface area contributed by atoms with Crippen LogP contribution >= 0.6 is 0 Å². The number of rotatable bonds is 1. The van der Waals surface area contributed by atoms with E-state index >= 15 is 0 Å². The van der Waals surface area contributed by atoms with Crippen molar-refractivity contribution >= 4 is 0 Å². The minimum atomic E-state index is 0.768. The van der Waals surface area contributed by atoms with Crippen molar-refractivity contribution in [2.45, 2.75) is 39.0 Å².